The Morgan fingerprint density at radius 2 is 1.89 bits per heavy atom. The van der Waals surface area contributed by atoms with E-state index in [1.54, 1.807) is 0 Å². The zero-order valence-electron chi connectivity index (χ0n) is 5.33. The minimum Gasteiger partial charge on any atom is -0.377 e. The van der Waals surface area contributed by atoms with Crippen LogP contribution >= 0.6 is 0 Å². The van der Waals surface area contributed by atoms with Crippen LogP contribution in [0.3, 0.4) is 0 Å². The van der Waals surface area contributed by atoms with Crippen molar-refractivity contribution in [2.75, 3.05) is 0 Å². The van der Waals surface area contributed by atoms with Crippen molar-refractivity contribution >= 4 is 5.78 Å². The summed E-state index contributed by atoms with van der Waals surface area (Å²) in [5, 5.41) is 25.5. The minimum absolute atomic E-state index is 0.669. The van der Waals surface area contributed by atoms with E-state index in [9.17, 15) is 4.79 Å². The lowest BCUT2D eigenvalue weighted by molar-refractivity contribution is -0.183. The maximum absolute atomic E-state index is 10.3. The first-order valence-electron chi connectivity index (χ1n) is 2.48. The highest BCUT2D eigenvalue weighted by Gasteiger charge is 2.33. The summed E-state index contributed by atoms with van der Waals surface area (Å²) in [4.78, 5) is 10.3. The molecule has 0 aromatic carbocycles. The number of Topliss-reactive ketones (excluding diaryl/α,β-unsaturated/α-hetero) is 1. The molecule has 9 heavy (non-hydrogen) atoms. The molecule has 0 spiro atoms. The predicted octanol–water partition coefficient (Wildman–Crippen LogP) is -1.36. The molecule has 0 heterocycles. The van der Waals surface area contributed by atoms with E-state index < -0.39 is 17.7 Å². The molecule has 0 aliphatic heterocycles. The molecule has 54 valence electrons. The number of carbonyl (C=O) groups is 1. The van der Waals surface area contributed by atoms with Gasteiger partial charge in [0.15, 0.2) is 17.7 Å². The molecule has 0 amide bonds. The third kappa shape index (κ3) is 1.74. The second-order valence-electron chi connectivity index (χ2n) is 2.08. The van der Waals surface area contributed by atoms with Gasteiger partial charge in [-0.25, -0.2) is 0 Å². The molecule has 0 aliphatic rings. The fourth-order valence-corrected chi connectivity index (χ4v) is 0.182. The number of aliphatic hydroxyl groups is 3. The van der Waals surface area contributed by atoms with Crippen molar-refractivity contribution < 1.29 is 20.1 Å². The van der Waals surface area contributed by atoms with Gasteiger partial charge < -0.3 is 15.3 Å². The van der Waals surface area contributed by atoms with Gasteiger partial charge >= 0.3 is 0 Å². The fourth-order valence-electron chi connectivity index (χ4n) is 0.182. The quantitative estimate of drug-likeness (QED) is 0.407. The van der Waals surface area contributed by atoms with Crippen LogP contribution in [0.1, 0.15) is 13.8 Å². The van der Waals surface area contributed by atoms with Crippen molar-refractivity contribution in [2.45, 2.75) is 25.7 Å². The van der Waals surface area contributed by atoms with Crippen LogP contribution in [0.2, 0.25) is 0 Å². The van der Waals surface area contributed by atoms with Gasteiger partial charge in [-0.2, -0.15) is 0 Å². The van der Waals surface area contributed by atoms with E-state index in [2.05, 4.69) is 0 Å². The highest BCUT2D eigenvalue weighted by atomic mass is 16.5. The first-order chi connectivity index (χ1) is 3.89. The molecule has 0 bridgehead atoms. The van der Waals surface area contributed by atoms with E-state index in [0.717, 1.165) is 13.8 Å². The number of hydrogen-bond donors (Lipinski definition) is 3. The molecule has 1 atom stereocenters. The van der Waals surface area contributed by atoms with Gasteiger partial charge in [0.25, 0.3) is 0 Å². The molecule has 0 fully saturated rings. The SMILES string of the molecule is CC(=O)C(C)(O)C(O)O. The first kappa shape index (κ1) is 8.55. The van der Waals surface area contributed by atoms with Crippen molar-refractivity contribution in [1.82, 2.24) is 0 Å². The Balaban J connectivity index is 4.19. The molecule has 0 radical (unpaired) electrons. The van der Waals surface area contributed by atoms with Gasteiger partial charge in [0, 0.05) is 0 Å². The van der Waals surface area contributed by atoms with E-state index >= 15 is 0 Å². The van der Waals surface area contributed by atoms with E-state index in [0.29, 0.717) is 0 Å². The van der Waals surface area contributed by atoms with Crippen LogP contribution in [0.4, 0.5) is 0 Å². The molecule has 0 aromatic rings. The lowest BCUT2D eigenvalue weighted by atomic mass is 10.0. The Kier molecular flexibility index (Phi) is 2.31. The molecule has 0 saturated heterocycles. The average Bonchev–Trinajstić information content (AvgIpc) is 1.65. The van der Waals surface area contributed by atoms with Crippen molar-refractivity contribution in [3.05, 3.63) is 0 Å². The lowest BCUT2D eigenvalue weighted by Gasteiger charge is -2.20. The zero-order valence-corrected chi connectivity index (χ0v) is 5.33. The smallest absolute Gasteiger partial charge is 0.188 e. The van der Waals surface area contributed by atoms with Crippen LogP contribution < -0.4 is 0 Å². The van der Waals surface area contributed by atoms with E-state index in [-0.39, 0.29) is 0 Å². The molecule has 4 nitrogen and oxygen atoms in total. The highest BCUT2D eigenvalue weighted by Crippen LogP contribution is 2.07. The summed E-state index contributed by atoms with van der Waals surface area (Å²) in [6.07, 6.45) is -2.00. The summed E-state index contributed by atoms with van der Waals surface area (Å²) in [5.74, 6) is -0.669. The average molecular weight is 134 g/mol. The summed E-state index contributed by atoms with van der Waals surface area (Å²) in [7, 11) is 0. The van der Waals surface area contributed by atoms with Crippen LogP contribution in [0.15, 0.2) is 0 Å². The second kappa shape index (κ2) is 2.43. The summed E-state index contributed by atoms with van der Waals surface area (Å²) in [6.45, 7) is 2.12. The molecular weight excluding hydrogens is 124 g/mol. The number of rotatable bonds is 2. The van der Waals surface area contributed by atoms with Crippen molar-refractivity contribution in [3.8, 4) is 0 Å². The Labute approximate surface area is 52.7 Å². The fraction of sp³-hybridized carbons (Fsp3) is 0.800. The highest BCUT2D eigenvalue weighted by molar-refractivity contribution is 5.84. The monoisotopic (exact) mass is 134 g/mol. The molecule has 0 aromatic heterocycles. The van der Waals surface area contributed by atoms with Gasteiger partial charge in [0.1, 0.15) is 0 Å². The van der Waals surface area contributed by atoms with Crippen molar-refractivity contribution in [3.63, 3.8) is 0 Å². The zero-order chi connectivity index (χ0) is 7.65. The molecule has 0 saturated carbocycles. The van der Waals surface area contributed by atoms with Gasteiger partial charge in [0.05, 0.1) is 0 Å². The first-order valence-corrected chi connectivity index (χ1v) is 2.48. The Hall–Kier alpha value is -0.450. The molecule has 1 unspecified atom stereocenters. The standard InChI is InChI=1S/C5H10O4/c1-3(6)5(2,9)4(7)8/h4,7-9H,1-2H3. The van der Waals surface area contributed by atoms with Crippen molar-refractivity contribution in [1.29, 1.82) is 0 Å². The second-order valence-corrected chi connectivity index (χ2v) is 2.08. The topological polar surface area (TPSA) is 77.8 Å². The maximum atomic E-state index is 10.3. The van der Waals surface area contributed by atoms with Crippen LogP contribution in [0, 0.1) is 0 Å². The molecule has 4 heteroatoms. The van der Waals surface area contributed by atoms with Crippen LogP contribution in [0.5, 0.6) is 0 Å². The number of ketones is 1. The van der Waals surface area contributed by atoms with Gasteiger partial charge in [0.2, 0.25) is 0 Å². The molecule has 0 aliphatic carbocycles. The summed E-state index contributed by atoms with van der Waals surface area (Å²) >= 11 is 0. The third-order valence-electron chi connectivity index (χ3n) is 1.22. The van der Waals surface area contributed by atoms with E-state index in [1.807, 2.05) is 0 Å². The Bertz CT molecular complexity index is 116. The number of carbonyl (C=O) groups excluding carboxylic acids is 1. The predicted molar refractivity (Wildman–Crippen MR) is 29.5 cm³/mol. The normalized spacial score (nSPS) is 17.6. The Morgan fingerprint density at radius 1 is 1.56 bits per heavy atom. The summed E-state index contributed by atoms with van der Waals surface area (Å²) in [5.41, 5.74) is -2.03. The molecule has 0 rings (SSSR count). The van der Waals surface area contributed by atoms with Crippen LogP contribution in [-0.2, 0) is 4.79 Å². The molecule has 3 N–H and O–H groups in total. The minimum atomic E-state index is -2.03. The third-order valence-corrected chi connectivity index (χ3v) is 1.22. The van der Waals surface area contributed by atoms with Gasteiger partial charge in [-0.1, -0.05) is 0 Å². The molecular formula is C5H10O4. The largest absolute Gasteiger partial charge is 0.377 e. The van der Waals surface area contributed by atoms with E-state index in [4.69, 9.17) is 15.3 Å². The summed E-state index contributed by atoms with van der Waals surface area (Å²) < 4.78 is 0. The number of aliphatic hydroxyl groups excluding tert-OH is 1. The summed E-state index contributed by atoms with van der Waals surface area (Å²) in [6, 6.07) is 0. The van der Waals surface area contributed by atoms with Gasteiger partial charge in [-0.15, -0.1) is 0 Å². The van der Waals surface area contributed by atoms with Crippen LogP contribution in [0.25, 0.3) is 0 Å². The van der Waals surface area contributed by atoms with Gasteiger partial charge in [-0.05, 0) is 13.8 Å². The van der Waals surface area contributed by atoms with Crippen LogP contribution in [-0.4, -0.2) is 33.0 Å². The lowest BCUT2D eigenvalue weighted by Crippen LogP contribution is -2.45. The van der Waals surface area contributed by atoms with E-state index in [1.165, 1.54) is 0 Å². The van der Waals surface area contributed by atoms with Gasteiger partial charge in [-0.3, -0.25) is 4.79 Å². The van der Waals surface area contributed by atoms with Crippen molar-refractivity contribution in [2.24, 2.45) is 0 Å². The number of hydrogen-bond acceptors (Lipinski definition) is 4. The maximum Gasteiger partial charge on any atom is 0.188 e. The Morgan fingerprint density at radius 3 is 1.89 bits per heavy atom.